The third-order valence-corrected chi connectivity index (χ3v) is 13.5. The zero-order valence-corrected chi connectivity index (χ0v) is 41.9. The number of ether oxygens (including phenoxy) is 6. The number of carbonyl (C=O) groups is 7. The number of rotatable bonds is 43. The summed E-state index contributed by atoms with van der Waals surface area (Å²) in [6, 6.07) is 0. The maximum absolute atomic E-state index is 12.9. The zero-order chi connectivity index (χ0) is 49.0. The van der Waals surface area contributed by atoms with Crippen LogP contribution in [-0.4, -0.2) is 161 Å². The lowest BCUT2D eigenvalue weighted by Gasteiger charge is -2.20. The van der Waals surface area contributed by atoms with Gasteiger partial charge in [-0.05, 0) is 50.2 Å². The van der Waals surface area contributed by atoms with E-state index in [0.29, 0.717) is 104 Å². The SMILES string of the molecule is CCCC[C@H]1CCc2nc(NC(=O)CCCC(=O)NCCCCCCSC3CC(=O)N(CCC(=O)NCCOCCOCCOCCOCCOCCOCCC(=O)CCC(N)=O)C3=O)sc2C1. The molecule has 6 amide bonds. The highest BCUT2D eigenvalue weighted by atomic mass is 32.2. The van der Waals surface area contributed by atoms with Crippen molar-refractivity contribution in [3.05, 3.63) is 10.6 Å². The number of imide groups is 1. The average Bonchev–Trinajstić information content (AvgIpc) is 3.84. The van der Waals surface area contributed by atoms with Crippen molar-refractivity contribution in [3.63, 3.8) is 0 Å². The average molecular weight is 999 g/mol. The largest absolute Gasteiger partial charge is 0.379 e. The Morgan fingerprint density at radius 3 is 1.94 bits per heavy atom. The number of hydrogen-bond acceptors (Lipinski definition) is 16. The normalized spacial score (nSPS) is 15.7. The fourth-order valence-electron chi connectivity index (χ4n) is 7.31. The molecule has 2 heterocycles. The van der Waals surface area contributed by atoms with Crippen LogP contribution in [0.15, 0.2) is 0 Å². The quantitative estimate of drug-likeness (QED) is 0.0535. The molecular formula is C47H78N6O13S2. The van der Waals surface area contributed by atoms with Gasteiger partial charge in [-0.25, -0.2) is 4.98 Å². The number of ketones is 1. The Kier molecular flexibility index (Phi) is 32.2. The molecule has 21 heteroatoms. The van der Waals surface area contributed by atoms with E-state index in [4.69, 9.17) is 34.2 Å². The Bertz CT molecular complexity index is 1650. The molecule has 19 nitrogen and oxygen atoms in total. The molecule has 386 valence electrons. The lowest BCUT2D eigenvalue weighted by Crippen LogP contribution is -2.36. The van der Waals surface area contributed by atoms with Crippen LogP contribution in [-0.2, 0) is 74.8 Å². The van der Waals surface area contributed by atoms with Crippen LogP contribution in [0, 0.1) is 5.92 Å². The van der Waals surface area contributed by atoms with Crippen LogP contribution in [0.2, 0.25) is 0 Å². The summed E-state index contributed by atoms with van der Waals surface area (Å²) in [5.41, 5.74) is 6.15. The Morgan fingerprint density at radius 1 is 0.676 bits per heavy atom. The van der Waals surface area contributed by atoms with Gasteiger partial charge in [-0.3, -0.25) is 38.5 Å². The number of anilines is 1. The molecular weight excluding hydrogens is 921 g/mol. The van der Waals surface area contributed by atoms with Crippen molar-refractivity contribution in [1.82, 2.24) is 20.5 Å². The van der Waals surface area contributed by atoms with Gasteiger partial charge in [0.1, 0.15) is 5.78 Å². The lowest BCUT2D eigenvalue weighted by molar-refractivity contribution is -0.138. The summed E-state index contributed by atoms with van der Waals surface area (Å²) < 4.78 is 32.6. The van der Waals surface area contributed by atoms with Crippen molar-refractivity contribution in [2.24, 2.45) is 11.7 Å². The van der Waals surface area contributed by atoms with Gasteiger partial charge in [0.15, 0.2) is 5.13 Å². The minimum absolute atomic E-state index is 0.0285. The predicted molar refractivity (Wildman–Crippen MR) is 259 cm³/mol. The highest BCUT2D eigenvalue weighted by molar-refractivity contribution is 8.00. The second-order valence-electron chi connectivity index (χ2n) is 16.8. The number of aromatic nitrogens is 1. The molecule has 2 atom stereocenters. The number of fused-ring (bicyclic) bond motifs is 1. The van der Waals surface area contributed by atoms with Crippen LogP contribution in [0.3, 0.4) is 0 Å². The first-order valence-corrected chi connectivity index (χ1v) is 26.5. The van der Waals surface area contributed by atoms with Gasteiger partial charge in [-0.2, -0.15) is 0 Å². The fourth-order valence-corrected chi connectivity index (χ4v) is 9.63. The van der Waals surface area contributed by atoms with E-state index in [2.05, 4.69) is 27.9 Å². The first kappa shape index (κ1) is 58.7. The van der Waals surface area contributed by atoms with Gasteiger partial charge in [0.2, 0.25) is 35.4 Å². The molecule has 2 aliphatic rings. The van der Waals surface area contributed by atoms with Crippen molar-refractivity contribution in [3.8, 4) is 0 Å². The maximum atomic E-state index is 12.9. The van der Waals surface area contributed by atoms with Crippen LogP contribution < -0.4 is 21.7 Å². The smallest absolute Gasteiger partial charge is 0.242 e. The summed E-state index contributed by atoms with van der Waals surface area (Å²) in [6.07, 6.45) is 12.3. The summed E-state index contributed by atoms with van der Waals surface area (Å²) in [5.74, 6) is 0.0112. The molecule has 5 N–H and O–H groups in total. The molecule has 1 aromatic rings. The molecule has 0 bridgehead atoms. The van der Waals surface area contributed by atoms with Gasteiger partial charge < -0.3 is 50.1 Å². The van der Waals surface area contributed by atoms with Gasteiger partial charge in [0, 0.05) is 69.5 Å². The van der Waals surface area contributed by atoms with Crippen LogP contribution in [0.5, 0.6) is 0 Å². The Hall–Kier alpha value is -3.57. The Balaban J connectivity index is 1.04. The second-order valence-corrected chi connectivity index (χ2v) is 19.2. The fraction of sp³-hybridized carbons (Fsp3) is 0.787. The van der Waals surface area contributed by atoms with Crippen LogP contribution in [0.4, 0.5) is 5.13 Å². The summed E-state index contributed by atoms with van der Waals surface area (Å²) in [6.45, 7) is 7.68. The predicted octanol–water partition coefficient (Wildman–Crippen LogP) is 3.91. The molecule has 1 aliphatic carbocycles. The first-order chi connectivity index (χ1) is 33.0. The van der Waals surface area contributed by atoms with Crippen LogP contribution in [0.1, 0.15) is 120 Å². The maximum Gasteiger partial charge on any atom is 0.242 e. The molecule has 0 saturated carbocycles. The van der Waals surface area contributed by atoms with Crippen molar-refractivity contribution < 1.29 is 62.0 Å². The highest BCUT2D eigenvalue weighted by Crippen LogP contribution is 2.34. The topological polar surface area (TPSA) is 253 Å². The number of Topliss-reactive ketones (excluding diaryl/α,β-unsaturated/α-hetero) is 1. The number of unbranched alkanes of at least 4 members (excludes halogenated alkanes) is 4. The van der Waals surface area contributed by atoms with Gasteiger partial charge in [0.25, 0.3) is 0 Å². The molecule has 0 aromatic carbocycles. The van der Waals surface area contributed by atoms with E-state index >= 15 is 0 Å². The molecule has 3 rings (SSSR count). The van der Waals surface area contributed by atoms with Gasteiger partial charge in [0.05, 0.1) is 90.2 Å². The van der Waals surface area contributed by atoms with Gasteiger partial charge >= 0.3 is 0 Å². The number of primary amides is 1. The molecule has 1 saturated heterocycles. The highest BCUT2D eigenvalue weighted by Gasteiger charge is 2.38. The first-order valence-electron chi connectivity index (χ1n) is 24.6. The van der Waals surface area contributed by atoms with Gasteiger partial charge in [-0.15, -0.1) is 23.1 Å². The number of nitrogens with zero attached hydrogens (tertiary/aromatic N) is 2. The van der Waals surface area contributed by atoms with E-state index < -0.39 is 11.2 Å². The number of hydrogen-bond donors (Lipinski definition) is 4. The number of thiazole rings is 1. The van der Waals surface area contributed by atoms with Crippen molar-refractivity contribution in [2.45, 2.75) is 128 Å². The van der Waals surface area contributed by atoms with E-state index in [9.17, 15) is 33.6 Å². The summed E-state index contributed by atoms with van der Waals surface area (Å²) in [7, 11) is 0. The number of aryl methyl sites for hydroxylation is 1. The minimum Gasteiger partial charge on any atom is -0.379 e. The summed E-state index contributed by atoms with van der Waals surface area (Å²) in [4.78, 5) is 91.9. The number of amides is 6. The molecule has 1 unspecified atom stereocenters. The van der Waals surface area contributed by atoms with E-state index in [1.807, 2.05) is 0 Å². The van der Waals surface area contributed by atoms with Crippen molar-refractivity contribution >= 4 is 69.5 Å². The van der Waals surface area contributed by atoms with E-state index in [-0.39, 0.29) is 87.0 Å². The van der Waals surface area contributed by atoms with Crippen molar-refractivity contribution in [1.29, 1.82) is 0 Å². The number of carbonyl (C=O) groups excluding carboxylic acids is 7. The van der Waals surface area contributed by atoms with Crippen LogP contribution in [0.25, 0.3) is 0 Å². The number of thioether (sulfide) groups is 1. The van der Waals surface area contributed by atoms with E-state index in [0.717, 1.165) is 55.9 Å². The third kappa shape index (κ3) is 27.6. The second kappa shape index (κ2) is 37.3. The molecule has 1 aliphatic heterocycles. The molecule has 0 radical (unpaired) electrons. The number of likely N-dealkylation sites (tertiary alicyclic amines) is 1. The Labute approximate surface area is 410 Å². The molecule has 1 fully saturated rings. The lowest BCUT2D eigenvalue weighted by atomic mass is 9.87. The van der Waals surface area contributed by atoms with E-state index in [1.165, 1.54) is 47.2 Å². The molecule has 1 aromatic heterocycles. The third-order valence-electron chi connectivity index (χ3n) is 11.1. The van der Waals surface area contributed by atoms with Gasteiger partial charge in [-0.1, -0.05) is 39.0 Å². The Morgan fingerprint density at radius 2 is 1.28 bits per heavy atom. The van der Waals surface area contributed by atoms with Crippen LogP contribution >= 0.6 is 23.1 Å². The van der Waals surface area contributed by atoms with E-state index in [1.54, 1.807) is 11.3 Å². The number of nitrogens with one attached hydrogen (secondary N) is 3. The summed E-state index contributed by atoms with van der Waals surface area (Å²) in [5, 5.41) is 8.87. The standard InChI is InChI=1S/C47H78N6O13S2/c1-2-3-9-36-12-14-38-39(34-36)68-47(51-38)52-44(58)11-8-10-42(56)49-18-6-4-5-7-33-67-40-35-45(59)53(46(40)60)20-16-43(57)50-19-22-62-24-26-64-28-30-66-32-31-65-29-27-63-25-23-61-21-17-37(54)13-15-41(48)55/h36,40H,2-35H2,1H3,(H2,48,55)(H,49,56)(H,50,57)(H,51,52,58)/t36-,40?/m0/s1. The monoisotopic (exact) mass is 999 g/mol. The zero-order valence-electron chi connectivity index (χ0n) is 40.3. The van der Waals surface area contributed by atoms with Crippen molar-refractivity contribution in [2.75, 3.05) is 110 Å². The molecule has 68 heavy (non-hydrogen) atoms. The minimum atomic E-state index is -0.488. The number of nitrogens with two attached hydrogens (primary N) is 1. The summed E-state index contributed by atoms with van der Waals surface area (Å²) >= 11 is 3.08. The molecule has 0 spiro atoms.